The van der Waals surface area contributed by atoms with E-state index in [1.807, 2.05) is 13.0 Å². The van der Waals surface area contributed by atoms with Crippen LogP contribution in [0.1, 0.15) is 113 Å². The van der Waals surface area contributed by atoms with Crippen molar-refractivity contribution < 1.29 is 15.0 Å². The molecule has 44 heavy (non-hydrogen) atoms. The number of carboxylic acid groups (broad SMARTS) is 1. The number of aliphatic hydroxyl groups excluding tert-OH is 1. The van der Waals surface area contributed by atoms with Gasteiger partial charge in [0.25, 0.3) is 0 Å². The van der Waals surface area contributed by atoms with Crippen LogP contribution in [0.2, 0.25) is 0 Å². The lowest BCUT2D eigenvalue weighted by Crippen LogP contribution is -2.61. The summed E-state index contributed by atoms with van der Waals surface area (Å²) in [4.78, 5) is 13.1. The van der Waals surface area contributed by atoms with Crippen LogP contribution in [0.25, 0.3) is 5.57 Å². The Kier molecular flexibility index (Phi) is 12.8. The smallest absolute Gasteiger partial charge is 0.345 e. The number of thiophene rings is 1. The van der Waals surface area contributed by atoms with Gasteiger partial charge in [0.1, 0.15) is 4.88 Å². The highest BCUT2D eigenvalue weighted by molar-refractivity contribution is 7.15. The first-order valence-electron chi connectivity index (χ1n) is 16.2. The van der Waals surface area contributed by atoms with E-state index in [-0.39, 0.29) is 10.8 Å². The second-order valence-electron chi connectivity index (χ2n) is 14.5. The van der Waals surface area contributed by atoms with Gasteiger partial charge in [0.15, 0.2) is 0 Å². The Labute approximate surface area is 273 Å². The van der Waals surface area contributed by atoms with Crippen LogP contribution in [0, 0.1) is 89.8 Å². The largest absolute Gasteiger partial charge is 0.477 e. The summed E-state index contributed by atoms with van der Waals surface area (Å²) in [7, 11) is 0. The summed E-state index contributed by atoms with van der Waals surface area (Å²) in [6, 6.07) is 3.82. The molecule has 1 aromatic heterocycles. The standard InChI is InChI=1S/C31H44O3S.C3H6.3C2H2/c1-28(2)22(23-8-9-24(35-23)27(33)34)11-15-30(4)25(28)13-16-29(3)20-12-17-31(18-32)14-5-6-21(31)19(20)7-10-26(29)30;1-3-2;3*1-2/h8-9,11,19-21,25-26,32H,5-7,10,12-18H2,1-4H3,(H,33,34);3H,1H2,2H3;3*1-2H/t19-,20?,21?,25?,26?,29-,30-,31+;;;;/m0..../s1. The number of fused-ring (bicyclic) bond motifs is 7. The maximum atomic E-state index is 11.5. The number of hydrogen-bond donors (Lipinski definition) is 2. The molecule has 1 aromatic rings. The first-order valence-corrected chi connectivity index (χ1v) is 17.0. The average molecular weight is 617 g/mol. The number of carboxylic acids is 1. The normalized spacial score (nSPS) is 37.1. The molecule has 1 heterocycles. The molecule has 0 bridgehead atoms. The minimum atomic E-state index is -0.814. The van der Waals surface area contributed by atoms with Crippen molar-refractivity contribution in [3.8, 4) is 38.5 Å². The molecule has 0 amide bonds. The Morgan fingerprint density at radius 1 is 0.909 bits per heavy atom. The fourth-order valence-corrected chi connectivity index (χ4v) is 12.3. The highest BCUT2D eigenvalue weighted by Crippen LogP contribution is 2.73. The molecular weight excluding hydrogens is 561 g/mol. The fourth-order valence-electron chi connectivity index (χ4n) is 11.3. The van der Waals surface area contributed by atoms with Crippen LogP contribution < -0.4 is 0 Å². The molecule has 4 fully saturated rings. The molecule has 0 spiro atoms. The topological polar surface area (TPSA) is 57.5 Å². The lowest BCUT2D eigenvalue weighted by molar-refractivity contribution is -0.181. The predicted molar refractivity (Wildman–Crippen MR) is 188 cm³/mol. The quantitative estimate of drug-likeness (QED) is 0.263. The Morgan fingerprint density at radius 3 is 2.11 bits per heavy atom. The van der Waals surface area contributed by atoms with Crippen LogP contribution in [-0.4, -0.2) is 22.8 Å². The van der Waals surface area contributed by atoms with Gasteiger partial charge >= 0.3 is 5.97 Å². The molecule has 3 nitrogen and oxygen atoms in total. The van der Waals surface area contributed by atoms with Crippen molar-refractivity contribution >= 4 is 22.9 Å². The van der Waals surface area contributed by atoms with Gasteiger partial charge < -0.3 is 10.2 Å². The highest BCUT2D eigenvalue weighted by Gasteiger charge is 2.65. The SMILES string of the molecule is C#C.C#C.C#C.C=CC.CC1(C)C(c2ccc(C(=O)O)s2)=CC[C@@]2(C)C1CC[C@@]1(C)C3CC[C@@]4(CO)CCCC4[C@H]3CCC12. The van der Waals surface area contributed by atoms with E-state index in [4.69, 9.17) is 0 Å². The van der Waals surface area contributed by atoms with Crippen molar-refractivity contribution in [1.29, 1.82) is 0 Å². The molecule has 2 N–H and O–H groups in total. The van der Waals surface area contributed by atoms with Crippen molar-refractivity contribution in [2.75, 3.05) is 6.61 Å². The summed E-state index contributed by atoms with van der Waals surface area (Å²) in [6.45, 7) is 15.8. The van der Waals surface area contributed by atoms with E-state index >= 15 is 0 Å². The van der Waals surface area contributed by atoms with Crippen molar-refractivity contribution in [3.63, 3.8) is 0 Å². The number of allylic oxidation sites excluding steroid dienone is 3. The number of terminal acetylenes is 3. The van der Waals surface area contributed by atoms with E-state index in [1.165, 1.54) is 74.7 Å². The second kappa shape index (κ2) is 15.0. The molecule has 240 valence electrons. The molecule has 4 heteroatoms. The van der Waals surface area contributed by atoms with Gasteiger partial charge in [0, 0.05) is 11.5 Å². The zero-order chi connectivity index (χ0) is 33.5. The van der Waals surface area contributed by atoms with Crippen LogP contribution in [0.15, 0.2) is 30.9 Å². The van der Waals surface area contributed by atoms with Gasteiger partial charge in [0.2, 0.25) is 0 Å². The van der Waals surface area contributed by atoms with Gasteiger partial charge in [-0.05, 0) is 134 Å². The number of aliphatic hydroxyl groups is 1. The van der Waals surface area contributed by atoms with E-state index in [1.54, 1.807) is 12.1 Å². The van der Waals surface area contributed by atoms with Gasteiger partial charge in [-0.3, -0.25) is 0 Å². The zero-order valence-corrected chi connectivity index (χ0v) is 28.7. The van der Waals surface area contributed by atoms with E-state index in [0.29, 0.717) is 28.2 Å². The maximum Gasteiger partial charge on any atom is 0.345 e. The minimum absolute atomic E-state index is 0.0515. The van der Waals surface area contributed by atoms with Crippen LogP contribution in [-0.2, 0) is 0 Å². The summed E-state index contributed by atoms with van der Waals surface area (Å²) < 4.78 is 0. The summed E-state index contributed by atoms with van der Waals surface area (Å²) in [5.41, 5.74) is 2.39. The van der Waals surface area contributed by atoms with Crippen LogP contribution in [0.3, 0.4) is 0 Å². The molecule has 0 saturated heterocycles. The monoisotopic (exact) mass is 616 g/mol. The van der Waals surface area contributed by atoms with Crippen molar-refractivity contribution in [2.24, 2.45) is 51.2 Å². The van der Waals surface area contributed by atoms with Crippen LogP contribution >= 0.6 is 11.3 Å². The van der Waals surface area contributed by atoms with Gasteiger partial charge in [0.05, 0.1) is 0 Å². The Balaban J connectivity index is 0.000000685. The van der Waals surface area contributed by atoms with Gasteiger partial charge in [-0.1, -0.05) is 46.3 Å². The molecule has 8 atom stereocenters. The van der Waals surface area contributed by atoms with Crippen molar-refractivity contribution in [1.82, 2.24) is 0 Å². The second-order valence-corrected chi connectivity index (χ2v) is 15.6. The minimum Gasteiger partial charge on any atom is -0.477 e. The lowest BCUT2D eigenvalue weighted by Gasteiger charge is -2.68. The predicted octanol–water partition coefficient (Wildman–Crippen LogP) is 9.84. The molecular formula is C40H56O3S. The average Bonchev–Trinajstić information content (AvgIpc) is 3.69. The molecule has 5 aliphatic carbocycles. The number of aromatic carboxylic acids is 1. The molecule has 0 aromatic carbocycles. The van der Waals surface area contributed by atoms with E-state index < -0.39 is 5.97 Å². The van der Waals surface area contributed by atoms with Gasteiger partial charge in [-0.15, -0.1) is 56.5 Å². The van der Waals surface area contributed by atoms with E-state index in [2.05, 4.69) is 78.9 Å². The molecule has 6 rings (SSSR count). The zero-order valence-electron chi connectivity index (χ0n) is 27.9. The first-order chi connectivity index (χ1) is 21.0. The van der Waals surface area contributed by atoms with Crippen LogP contribution in [0.5, 0.6) is 0 Å². The Hall–Kier alpha value is -2.71. The molecule has 0 aliphatic heterocycles. The third kappa shape index (κ3) is 6.09. The first kappa shape index (κ1) is 37.5. The lowest BCUT2D eigenvalue weighted by atomic mass is 9.36. The van der Waals surface area contributed by atoms with E-state index in [9.17, 15) is 15.0 Å². The molecule has 0 radical (unpaired) electrons. The van der Waals surface area contributed by atoms with Gasteiger partial charge in [-0.2, -0.15) is 0 Å². The maximum absolute atomic E-state index is 11.5. The Bertz CT molecular complexity index is 1210. The number of rotatable bonds is 3. The van der Waals surface area contributed by atoms with Crippen molar-refractivity contribution in [3.05, 3.63) is 40.6 Å². The summed E-state index contributed by atoms with van der Waals surface area (Å²) >= 11 is 1.45. The fraction of sp³-hybridized carbons (Fsp3) is 0.625. The van der Waals surface area contributed by atoms with Gasteiger partial charge in [-0.25, -0.2) is 4.79 Å². The summed E-state index contributed by atoms with van der Waals surface area (Å²) in [5.74, 6) is 2.98. The highest BCUT2D eigenvalue weighted by atomic mass is 32.1. The number of carbonyl (C=O) groups is 1. The third-order valence-corrected chi connectivity index (χ3v) is 13.8. The van der Waals surface area contributed by atoms with E-state index in [0.717, 1.165) is 35.0 Å². The van der Waals surface area contributed by atoms with Crippen molar-refractivity contribution in [2.45, 2.75) is 98.8 Å². The molecule has 4 saturated carbocycles. The summed E-state index contributed by atoms with van der Waals surface area (Å²) in [6.07, 6.45) is 41.2. The Morgan fingerprint density at radius 2 is 1.55 bits per heavy atom. The molecule has 4 unspecified atom stereocenters. The molecule has 5 aliphatic rings. The number of hydrogen-bond acceptors (Lipinski definition) is 3. The third-order valence-electron chi connectivity index (χ3n) is 12.7. The summed E-state index contributed by atoms with van der Waals surface area (Å²) in [5, 5.41) is 19.9. The van der Waals surface area contributed by atoms with Crippen LogP contribution in [0.4, 0.5) is 0 Å².